The fourth-order valence-corrected chi connectivity index (χ4v) is 2.73. The minimum Gasteiger partial charge on any atom is -0.867 e. The monoisotopic (exact) mass is 324 g/mol. The van der Waals surface area contributed by atoms with Gasteiger partial charge in [0.05, 0.1) is 10.6 Å². The maximum Gasteiger partial charge on any atom is 0.262 e. The third kappa shape index (κ3) is 2.83. The van der Waals surface area contributed by atoms with E-state index >= 15 is 0 Å². The molecule has 0 bridgehead atoms. The van der Waals surface area contributed by atoms with Gasteiger partial charge < -0.3 is 10.0 Å². The van der Waals surface area contributed by atoms with Gasteiger partial charge in [-0.15, -0.1) is 0 Å². The summed E-state index contributed by atoms with van der Waals surface area (Å²) in [5.41, 5.74) is 2.22. The minimum atomic E-state index is -0.703. The SMILES string of the molecule is CC(=O)N1CCc2cc(N=Cc3cccc([N+](=O)[O-])c3[O-])ccc21. The third-order valence-corrected chi connectivity index (χ3v) is 3.91. The number of hydrogen-bond donors (Lipinski definition) is 0. The number of aliphatic imine (C=N–C) groups is 1. The first-order chi connectivity index (χ1) is 11.5. The van der Waals surface area contributed by atoms with Crippen molar-refractivity contribution in [2.24, 2.45) is 4.99 Å². The van der Waals surface area contributed by atoms with E-state index in [1.165, 1.54) is 31.3 Å². The van der Waals surface area contributed by atoms with Crippen LogP contribution in [0.4, 0.5) is 17.1 Å². The highest BCUT2D eigenvalue weighted by atomic mass is 16.6. The van der Waals surface area contributed by atoms with Crippen molar-refractivity contribution in [3.8, 4) is 5.75 Å². The number of hydrogen-bond acceptors (Lipinski definition) is 5. The van der Waals surface area contributed by atoms with E-state index in [1.54, 1.807) is 11.0 Å². The largest absolute Gasteiger partial charge is 0.867 e. The Hall–Kier alpha value is -3.22. The van der Waals surface area contributed by atoms with Crippen LogP contribution in [0.15, 0.2) is 41.4 Å². The van der Waals surface area contributed by atoms with Crippen LogP contribution in [0, 0.1) is 10.1 Å². The van der Waals surface area contributed by atoms with Gasteiger partial charge in [-0.3, -0.25) is 19.9 Å². The Morgan fingerprint density at radius 3 is 2.83 bits per heavy atom. The van der Waals surface area contributed by atoms with E-state index in [0.717, 1.165) is 17.7 Å². The van der Waals surface area contributed by atoms with Gasteiger partial charge in [-0.25, -0.2) is 0 Å². The molecule has 0 spiro atoms. The summed E-state index contributed by atoms with van der Waals surface area (Å²) in [6, 6.07) is 9.54. The first-order valence-electron chi connectivity index (χ1n) is 7.37. The lowest BCUT2D eigenvalue weighted by Crippen LogP contribution is -2.25. The summed E-state index contributed by atoms with van der Waals surface area (Å²) in [6.07, 6.45) is 2.08. The molecular formula is C17H14N3O4-. The van der Waals surface area contributed by atoms with Crippen LogP contribution < -0.4 is 10.0 Å². The molecule has 7 nitrogen and oxygen atoms in total. The first kappa shape index (κ1) is 15.7. The van der Waals surface area contributed by atoms with E-state index in [1.807, 2.05) is 12.1 Å². The average Bonchev–Trinajstić information content (AvgIpc) is 2.97. The fourth-order valence-electron chi connectivity index (χ4n) is 2.73. The van der Waals surface area contributed by atoms with Crippen LogP contribution in [-0.4, -0.2) is 23.6 Å². The third-order valence-electron chi connectivity index (χ3n) is 3.91. The van der Waals surface area contributed by atoms with E-state index in [2.05, 4.69) is 4.99 Å². The quantitative estimate of drug-likeness (QED) is 0.491. The van der Waals surface area contributed by atoms with Gasteiger partial charge >= 0.3 is 0 Å². The Bertz CT molecular complexity index is 861. The molecule has 3 rings (SSSR count). The number of rotatable bonds is 3. The van der Waals surface area contributed by atoms with Crippen LogP contribution in [0.1, 0.15) is 18.1 Å². The number of anilines is 1. The Balaban J connectivity index is 1.88. The second-order valence-electron chi connectivity index (χ2n) is 5.44. The maximum absolute atomic E-state index is 12.0. The number of fused-ring (bicyclic) bond motifs is 1. The molecule has 0 unspecified atom stereocenters. The zero-order valence-electron chi connectivity index (χ0n) is 12.9. The maximum atomic E-state index is 12.0. The van der Waals surface area contributed by atoms with Gasteiger partial charge in [0.1, 0.15) is 0 Å². The van der Waals surface area contributed by atoms with E-state index in [0.29, 0.717) is 12.2 Å². The topological polar surface area (TPSA) is 98.9 Å². The van der Waals surface area contributed by atoms with Crippen molar-refractivity contribution >= 4 is 29.2 Å². The summed E-state index contributed by atoms with van der Waals surface area (Å²) in [5, 5.41) is 22.8. The predicted octanol–water partition coefficient (Wildman–Crippen LogP) is 2.33. The lowest BCUT2D eigenvalue weighted by Gasteiger charge is -2.14. The highest BCUT2D eigenvalue weighted by Crippen LogP contribution is 2.32. The highest BCUT2D eigenvalue weighted by Gasteiger charge is 2.21. The van der Waals surface area contributed by atoms with Crippen molar-refractivity contribution in [1.29, 1.82) is 0 Å². The molecule has 2 aromatic carbocycles. The molecule has 1 heterocycles. The number of benzene rings is 2. The molecule has 122 valence electrons. The zero-order valence-corrected chi connectivity index (χ0v) is 12.9. The molecule has 24 heavy (non-hydrogen) atoms. The second kappa shape index (κ2) is 6.11. The van der Waals surface area contributed by atoms with E-state index in [-0.39, 0.29) is 11.5 Å². The Labute approximate surface area is 138 Å². The minimum absolute atomic E-state index is 0.00223. The molecule has 0 aromatic heterocycles. The number of para-hydroxylation sites is 1. The van der Waals surface area contributed by atoms with Crippen LogP contribution in [0.3, 0.4) is 0 Å². The molecule has 7 heteroatoms. The lowest BCUT2D eigenvalue weighted by molar-refractivity contribution is -0.398. The standard InChI is InChI=1S/C17H15N3O4/c1-11(21)19-8-7-12-9-14(5-6-15(12)19)18-10-13-3-2-4-16(17(13)22)20(23)24/h2-6,9-10,22H,7-8H2,1H3/p-1. The molecule has 2 aromatic rings. The van der Waals surface area contributed by atoms with Gasteiger partial charge in [0.2, 0.25) is 5.91 Å². The van der Waals surface area contributed by atoms with E-state index in [9.17, 15) is 20.0 Å². The molecular weight excluding hydrogens is 310 g/mol. The van der Waals surface area contributed by atoms with E-state index in [4.69, 9.17) is 0 Å². The second-order valence-corrected chi connectivity index (χ2v) is 5.44. The molecule has 1 amide bonds. The summed E-state index contributed by atoms with van der Waals surface area (Å²) in [6.45, 7) is 2.17. The van der Waals surface area contributed by atoms with Gasteiger partial charge in [0.25, 0.3) is 5.69 Å². The number of nitrogens with zero attached hydrogens (tertiary/aromatic N) is 3. The summed E-state index contributed by atoms with van der Waals surface area (Å²) in [5.74, 6) is -0.659. The van der Waals surface area contributed by atoms with Crippen molar-refractivity contribution in [3.05, 3.63) is 57.6 Å². The van der Waals surface area contributed by atoms with Crippen LogP contribution in [0.25, 0.3) is 0 Å². The summed E-state index contributed by atoms with van der Waals surface area (Å²) in [7, 11) is 0. The van der Waals surface area contributed by atoms with Crippen molar-refractivity contribution in [3.63, 3.8) is 0 Å². The fraction of sp³-hybridized carbons (Fsp3) is 0.176. The molecule has 0 atom stereocenters. The number of carbonyl (C=O) groups is 1. The van der Waals surface area contributed by atoms with Gasteiger partial charge in [0.15, 0.2) is 0 Å². The predicted molar refractivity (Wildman–Crippen MR) is 88.0 cm³/mol. The number of carbonyl (C=O) groups excluding carboxylic acids is 1. The van der Waals surface area contributed by atoms with Gasteiger partial charge in [0, 0.05) is 31.4 Å². The number of nitro benzene ring substituents is 1. The molecule has 0 N–H and O–H groups in total. The van der Waals surface area contributed by atoms with Crippen molar-refractivity contribution < 1.29 is 14.8 Å². The molecule has 1 aliphatic heterocycles. The van der Waals surface area contributed by atoms with Crippen LogP contribution in [0.2, 0.25) is 0 Å². The number of amides is 1. The van der Waals surface area contributed by atoms with Gasteiger partial charge in [-0.05, 0) is 41.5 Å². The van der Waals surface area contributed by atoms with Crippen LogP contribution in [-0.2, 0) is 11.2 Å². The molecule has 1 aliphatic rings. The molecule has 0 radical (unpaired) electrons. The summed E-state index contributed by atoms with van der Waals surface area (Å²) >= 11 is 0. The van der Waals surface area contributed by atoms with Crippen LogP contribution in [0.5, 0.6) is 5.75 Å². The zero-order chi connectivity index (χ0) is 17.3. The summed E-state index contributed by atoms with van der Waals surface area (Å²) < 4.78 is 0. The van der Waals surface area contributed by atoms with Crippen molar-refractivity contribution in [2.45, 2.75) is 13.3 Å². The normalized spacial score (nSPS) is 13.3. The Kier molecular flexibility index (Phi) is 3.99. The molecule has 0 aliphatic carbocycles. The summed E-state index contributed by atoms with van der Waals surface area (Å²) in [4.78, 5) is 27.6. The highest BCUT2D eigenvalue weighted by molar-refractivity contribution is 5.94. The Morgan fingerprint density at radius 1 is 1.33 bits per heavy atom. The smallest absolute Gasteiger partial charge is 0.262 e. The van der Waals surface area contributed by atoms with Gasteiger partial charge in [-0.2, -0.15) is 0 Å². The average molecular weight is 324 g/mol. The molecule has 0 saturated heterocycles. The molecule has 0 saturated carbocycles. The van der Waals surface area contributed by atoms with Gasteiger partial charge in [-0.1, -0.05) is 12.1 Å². The lowest BCUT2D eigenvalue weighted by atomic mass is 10.1. The van der Waals surface area contributed by atoms with Crippen molar-refractivity contribution in [2.75, 3.05) is 11.4 Å². The van der Waals surface area contributed by atoms with Crippen LogP contribution >= 0.6 is 0 Å². The van der Waals surface area contributed by atoms with E-state index < -0.39 is 16.4 Å². The van der Waals surface area contributed by atoms with Crippen molar-refractivity contribution in [1.82, 2.24) is 0 Å². The molecule has 0 fully saturated rings. The number of nitro groups is 1. The first-order valence-corrected chi connectivity index (χ1v) is 7.37. The Morgan fingerprint density at radius 2 is 2.12 bits per heavy atom.